The van der Waals surface area contributed by atoms with Crippen molar-refractivity contribution in [2.75, 3.05) is 7.11 Å². The standard InChI is InChI=1S/C4H10N2O2/c1-3(4(5)7)6-8-2/h3,6H,1-2H3,(H2,5,7). The lowest BCUT2D eigenvalue weighted by atomic mass is 10.4. The first-order valence-corrected chi connectivity index (χ1v) is 2.26. The second-order valence-corrected chi connectivity index (χ2v) is 1.45. The first kappa shape index (κ1) is 7.39. The van der Waals surface area contributed by atoms with Crippen LogP contribution in [0.3, 0.4) is 0 Å². The van der Waals surface area contributed by atoms with E-state index in [1.807, 2.05) is 0 Å². The number of amides is 1. The molecule has 0 fully saturated rings. The Balaban J connectivity index is 3.32. The van der Waals surface area contributed by atoms with Crippen LogP contribution in [0.5, 0.6) is 0 Å². The maximum Gasteiger partial charge on any atom is 0.236 e. The molecule has 0 aliphatic heterocycles. The quantitative estimate of drug-likeness (QED) is 0.468. The van der Waals surface area contributed by atoms with Crippen LogP contribution in [0, 0.1) is 0 Å². The third-order valence-corrected chi connectivity index (χ3v) is 0.721. The first-order valence-electron chi connectivity index (χ1n) is 2.26. The van der Waals surface area contributed by atoms with Crippen LogP contribution < -0.4 is 11.2 Å². The van der Waals surface area contributed by atoms with E-state index < -0.39 is 11.9 Å². The van der Waals surface area contributed by atoms with Crippen molar-refractivity contribution in [1.82, 2.24) is 5.48 Å². The van der Waals surface area contributed by atoms with Gasteiger partial charge in [0.2, 0.25) is 5.91 Å². The Morgan fingerprint density at radius 2 is 2.38 bits per heavy atom. The summed E-state index contributed by atoms with van der Waals surface area (Å²) < 4.78 is 0. The van der Waals surface area contributed by atoms with Gasteiger partial charge in [0.25, 0.3) is 0 Å². The summed E-state index contributed by atoms with van der Waals surface area (Å²) in [6, 6.07) is -0.417. The molecule has 0 saturated heterocycles. The maximum absolute atomic E-state index is 10.2. The largest absolute Gasteiger partial charge is 0.368 e. The Morgan fingerprint density at radius 1 is 1.88 bits per heavy atom. The summed E-state index contributed by atoms with van der Waals surface area (Å²) in [6.45, 7) is 1.62. The molecule has 0 radical (unpaired) electrons. The fourth-order valence-corrected chi connectivity index (χ4v) is 0.235. The summed E-state index contributed by atoms with van der Waals surface area (Å²) in [5.74, 6) is -0.424. The van der Waals surface area contributed by atoms with E-state index in [4.69, 9.17) is 5.73 Å². The van der Waals surface area contributed by atoms with E-state index in [-0.39, 0.29) is 0 Å². The smallest absolute Gasteiger partial charge is 0.236 e. The minimum Gasteiger partial charge on any atom is -0.368 e. The molecule has 0 heterocycles. The Kier molecular flexibility index (Phi) is 3.14. The highest BCUT2D eigenvalue weighted by Crippen LogP contribution is 1.74. The van der Waals surface area contributed by atoms with Gasteiger partial charge in [0.1, 0.15) is 6.04 Å². The van der Waals surface area contributed by atoms with Crippen LogP contribution in [0.15, 0.2) is 0 Å². The summed E-state index contributed by atoms with van der Waals surface area (Å²) in [5.41, 5.74) is 7.21. The number of rotatable bonds is 3. The zero-order valence-corrected chi connectivity index (χ0v) is 4.97. The molecule has 0 bridgehead atoms. The highest BCUT2D eigenvalue weighted by molar-refractivity contribution is 5.79. The van der Waals surface area contributed by atoms with Gasteiger partial charge < -0.3 is 10.6 Å². The van der Waals surface area contributed by atoms with E-state index in [0.717, 1.165) is 0 Å². The molecular weight excluding hydrogens is 108 g/mol. The van der Waals surface area contributed by atoms with E-state index in [1.54, 1.807) is 6.92 Å². The van der Waals surface area contributed by atoms with Crippen LogP contribution in [0.2, 0.25) is 0 Å². The number of hydrogen-bond donors (Lipinski definition) is 2. The van der Waals surface area contributed by atoms with Crippen LogP contribution >= 0.6 is 0 Å². The SMILES string of the molecule is CONC(C)C(N)=O. The van der Waals surface area contributed by atoms with Crippen molar-refractivity contribution in [2.45, 2.75) is 13.0 Å². The molecule has 0 aromatic heterocycles. The lowest BCUT2D eigenvalue weighted by molar-refractivity contribution is -0.122. The summed E-state index contributed by atoms with van der Waals surface area (Å²) in [5, 5.41) is 0. The molecule has 1 atom stereocenters. The van der Waals surface area contributed by atoms with Gasteiger partial charge in [-0.15, -0.1) is 0 Å². The molecule has 0 aromatic carbocycles. The van der Waals surface area contributed by atoms with Gasteiger partial charge in [-0.1, -0.05) is 0 Å². The predicted molar refractivity (Wildman–Crippen MR) is 28.8 cm³/mol. The maximum atomic E-state index is 10.2. The average molecular weight is 118 g/mol. The molecule has 8 heavy (non-hydrogen) atoms. The van der Waals surface area contributed by atoms with Crippen molar-refractivity contribution < 1.29 is 9.63 Å². The van der Waals surface area contributed by atoms with E-state index in [1.165, 1.54) is 7.11 Å². The van der Waals surface area contributed by atoms with E-state index >= 15 is 0 Å². The van der Waals surface area contributed by atoms with Crippen molar-refractivity contribution in [2.24, 2.45) is 5.73 Å². The van der Waals surface area contributed by atoms with Gasteiger partial charge in [-0.05, 0) is 6.92 Å². The minimum absolute atomic E-state index is 0.417. The number of carbonyl (C=O) groups excluding carboxylic acids is 1. The molecule has 0 saturated carbocycles. The number of hydrogen-bond acceptors (Lipinski definition) is 3. The van der Waals surface area contributed by atoms with Crippen LogP contribution in [0.4, 0.5) is 0 Å². The van der Waals surface area contributed by atoms with Gasteiger partial charge in [-0.25, -0.2) is 0 Å². The molecule has 4 nitrogen and oxygen atoms in total. The molecular formula is C4H10N2O2. The zero-order chi connectivity index (χ0) is 6.57. The summed E-state index contributed by atoms with van der Waals surface area (Å²) in [4.78, 5) is 14.6. The van der Waals surface area contributed by atoms with Gasteiger partial charge in [0.15, 0.2) is 0 Å². The second-order valence-electron chi connectivity index (χ2n) is 1.45. The van der Waals surface area contributed by atoms with Gasteiger partial charge >= 0.3 is 0 Å². The molecule has 3 N–H and O–H groups in total. The van der Waals surface area contributed by atoms with Gasteiger partial charge in [-0.3, -0.25) is 4.79 Å². The highest BCUT2D eigenvalue weighted by Gasteiger charge is 2.04. The lowest BCUT2D eigenvalue weighted by Gasteiger charge is -2.04. The van der Waals surface area contributed by atoms with Crippen molar-refractivity contribution in [3.63, 3.8) is 0 Å². The Hall–Kier alpha value is -0.610. The summed E-state index contributed by atoms with van der Waals surface area (Å²) >= 11 is 0. The lowest BCUT2D eigenvalue weighted by Crippen LogP contribution is -2.37. The number of nitrogens with two attached hydrogens (primary N) is 1. The summed E-state index contributed by atoms with van der Waals surface area (Å²) in [7, 11) is 1.43. The summed E-state index contributed by atoms with van der Waals surface area (Å²) in [6.07, 6.45) is 0. The Labute approximate surface area is 48.0 Å². The molecule has 1 amide bonds. The van der Waals surface area contributed by atoms with Crippen LogP contribution in [0.25, 0.3) is 0 Å². The zero-order valence-electron chi connectivity index (χ0n) is 4.97. The highest BCUT2D eigenvalue weighted by atomic mass is 16.6. The normalized spacial score (nSPS) is 13.2. The van der Waals surface area contributed by atoms with Crippen LogP contribution in [-0.2, 0) is 9.63 Å². The topological polar surface area (TPSA) is 64.3 Å². The number of carbonyl (C=O) groups is 1. The molecule has 48 valence electrons. The van der Waals surface area contributed by atoms with Crippen molar-refractivity contribution in [3.8, 4) is 0 Å². The molecule has 0 spiro atoms. The average Bonchev–Trinajstić information content (AvgIpc) is 1.67. The fourth-order valence-electron chi connectivity index (χ4n) is 0.235. The number of hydroxylamine groups is 1. The Bertz CT molecular complexity index is 84.1. The second kappa shape index (κ2) is 3.40. The molecule has 1 unspecified atom stereocenters. The van der Waals surface area contributed by atoms with Crippen molar-refractivity contribution in [3.05, 3.63) is 0 Å². The third kappa shape index (κ3) is 2.54. The molecule has 0 aliphatic carbocycles. The first-order chi connectivity index (χ1) is 3.68. The fraction of sp³-hybridized carbons (Fsp3) is 0.750. The molecule has 4 heteroatoms. The number of nitrogens with one attached hydrogen (secondary N) is 1. The minimum atomic E-state index is -0.424. The van der Waals surface area contributed by atoms with Gasteiger partial charge in [-0.2, -0.15) is 5.48 Å². The van der Waals surface area contributed by atoms with Crippen molar-refractivity contribution in [1.29, 1.82) is 0 Å². The van der Waals surface area contributed by atoms with E-state index in [9.17, 15) is 4.79 Å². The monoisotopic (exact) mass is 118 g/mol. The van der Waals surface area contributed by atoms with Crippen LogP contribution in [-0.4, -0.2) is 19.1 Å². The van der Waals surface area contributed by atoms with E-state index in [2.05, 4.69) is 10.3 Å². The molecule has 0 aromatic rings. The van der Waals surface area contributed by atoms with E-state index in [0.29, 0.717) is 0 Å². The molecule has 0 aliphatic rings. The number of primary amides is 1. The third-order valence-electron chi connectivity index (χ3n) is 0.721. The van der Waals surface area contributed by atoms with Crippen LogP contribution in [0.1, 0.15) is 6.92 Å². The molecule has 0 rings (SSSR count). The van der Waals surface area contributed by atoms with Gasteiger partial charge in [0, 0.05) is 0 Å². The Morgan fingerprint density at radius 3 is 2.50 bits per heavy atom. The van der Waals surface area contributed by atoms with Gasteiger partial charge in [0.05, 0.1) is 7.11 Å². The predicted octanol–water partition coefficient (Wildman–Crippen LogP) is -0.989. The van der Waals surface area contributed by atoms with Crippen molar-refractivity contribution >= 4 is 5.91 Å².